The number of rotatable bonds is 5. The summed E-state index contributed by atoms with van der Waals surface area (Å²) in [4.78, 5) is 29.0. The Morgan fingerprint density at radius 1 is 1.00 bits per heavy atom. The number of carbonyl (C=O) groups excluding carboxylic acids is 2. The highest BCUT2D eigenvalue weighted by atomic mass is 32.1. The fraction of sp³-hybridized carbons (Fsp3) is 0.0556. The maximum Gasteiger partial charge on any atom is 0.265 e. The smallest absolute Gasteiger partial charge is 0.265 e. The summed E-state index contributed by atoms with van der Waals surface area (Å²) in [6, 6.07) is 13.6. The van der Waals surface area contributed by atoms with Gasteiger partial charge in [0.25, 0.3) is 11.8 Å². The van der Waals surface area contributed by atoms with Gasteiger partial charge in [0, 0.05) is 17.4 Å². The monoisotopic (exact) mass is 353 g/mol. The second-order valence-corrected chi connectivity index (χ2v) is 5.96. The van der Waals surface area contributed by atoms with Crippen LogP contribution in [-0.2, 0) is 0 Å². The van der Waals surface area contributed by atoms with E-state index in [0.717, 1.165) is 0 Å². The quantitative estimate of drug-likeness (QED) is 0.734. The first kappa shape index (κ1) is 16.7. The molecule has 3 rings (SSSR count). The van der Waals surface area contributed by atoms with Crippen molar-refractivity contribution in [3.05, 3.63) is 70.5 Å². The second kappa shape index (κ2) is 7.59. The van der Waals surface area contributed by atoms with E-state index in [1.807, 2.05) is 11.4 Å². The highest BCUT2D eigenvalue weighted by Crippen LogP contribution is 2.21. The van der Waals surface area contributed by atoms with Crippen molar-refractivity contribution in [1.29, 1.82) is 0 Å². The molecule has 2 aromatic heterocycles. The Hall–Kier alpha value is -3.19. The molecule has 0 spiro atoms. The van der Waals surface area contributed by atoms with E-state index in [4.69, 9.17) is 4.74 Å². The second-order valence-electron chi connectivity index (χ2n) is 5.02. The summed E-state index contributed by atoms with van der Waals surface area (Å²) < 4.78 is 5.16. The molecule has 0 aliphatic rings. The summed E-state index contributed by atoms with van der Waals surface area (Å²) in [5, 5.41) is 7.33. The summed E-state index contributed by atoms with van der Waals surface area (Å²) in [5.74, 6) is 0.347. The van der Waals surface area contributed by atoms with Crippen molar-refractivity contribution in [2.45, 2.75) is 0 Å². The minimum Gasteiger partial charge on any atom is -0.493 e. The largest absolute Gasteiger partial charge is 0.493 e. The van der Waals surface area contributed by atoms with Gasteiger partial charge in [-0.1, -0.05) is 6.07 Å². The van der Waals surface area contributed by atoms with Crippen LogP contribution in [0.4, 0.5) is 11.5 Å². The third-order valence-electron chi connectivity index (χ3n) is 3.37. The number of nitrogens with one attached hydrogen (secondary N) is 2. The molecular weight excluding hydrogens is 338 g/mol. The van der Waals surface area contributed by atoms with Crippen LogP contribution in [0.15, 0.2) is 60.1 Å². The van der Waals surface area contributed by atoms with Crippen molar-refractivity contribution in [3.63, 3.8) is 0 Å². The predicted molar refractivity (Wildman–Crippen MR) is 97.5 cm³/mol. The van der Waals surface area contributed by atoms with Crippen molar-refractivity contribution in [2.75, 3.05) is 17.7 Å². The van der Waals surface area contributed by atoms with E-state index in [1.54, 1.807) is 48.7 Å². The summed E-state index contributed by atoms with van der Waals surface area (Å²) in [5.41, 5.74) is 1.06. The first-order valence-corrected chi connectivity index (χ1v) is 8.30. The van der Waals surface area contributed by atoms with Crippen LogP contribution in [-0.4, -0.2) is 23.9 Å². The number of methoxy groups -OCH3 is 1. The molecular formula is C18H15N3O3S. The number of aromatic nitrogens is 1. The zero-order valence-electron chi connectivity index (χ0n) is 13.4. The number of anilines is 2. The molecule has 7 heteroatoms. The van der Waals surface area contributed by atoms with Crippen molar-refractivity contribution < 1.29 is 14.3 Å². The summed E-state index contributed by atoms with van der Waals surface area (Å²) in [7, 11) is 1.51. The Balaban J connectivity index is 1.67. The Kier molecular flexibility index (Phi) is 5.06. The lowest BCUT2D eigenvalue weighted by Crippen LogP contribution is -2.14. The number of ether oxygens (including phenoxy) is 1. The van der Waals surface area contributed by atoms with E-state index in [0.29, 0.717) is 27.7 Å². The normalized spacial score (nSPS) is 10.1. The molecule has 0 radical (unpaired) electrons. The molecule has 0 saturated carbocycles. The lowest BCUT2D eigenvalue weighted by atomic mass is 10.2. The van der Waals surface area contributed by atoms with E-state index < -0.39 is 0 Å². The average molecular weight is 353 g/mol. The molecule has 2 heterocycles. The Morgan fingerprint density at radius 2 is 1.80 bits per heavy atom. The zero-order chi connectivity index (χ0) is 17.6. The van der Waals surface area contributed by atoms with Gasteiger partial charge in [0.2, 0.25) is 0 Å². The first-order valence-electron chi connectivity index (χ1n) is 7.42. The van der Waals surface area contributed by atoms with E-state index in [1.165, 1.54) is 18.4 Å². The SMILES string of the molecule is COc1cccnc1NC(=O)c1ccc(NC(=O)c2cccs2)cc1. The molecule has 2 N–H and O–H groups in total. The molecule has 0 aliphatic carbocycles. The van der Waals surface area contributed by atoms with Crippen molar-refractivity contribution in [3.8, 4) is 5.75 Å². The van der Waals surface area contributed by atoms with Crippen LogP contribution in [0.5, 0.6) is 5.75 Å². The van der Waals surface area contributed by atoms with Crippen LogP contribution in [0.3, 0.4) is 0 Å². The minimum absolute atomic E-state index is 0.176. The van der Waals surface area contributed by atoms with Crippen LogP contribution in [0, 0.1) is 0 Å². The Labute approximate surface area is 148 Å². The topological polar surface area (TPSA) is 80.3 Å². The standard InChI is InChI=1S/C18H15N3O3S/c1-24-14-4-2-10-19-16(14)21-17(22)12-6-8-13(9-7-12)20-18(23)15-5-3-11-25-15/h2-11H,1H3,(H,20,23)(H,19,21,22). The molecule has 0 aliphatic heterocycles. The molecule has 3 aromatic rings. The highest BCUT2D eigenvalue weighted by Gasteiger charge is 2.11. The maximum absolute atomic E-state index is 12.3. The number of amides is 2. The van der Waals surface area contributed by atoms with Crippen molar-refractivity contribution in [2.24, 2.45) is 0 Å². The maximum atomic E-state index is 12.3. The van der Waals surface area contributed by atoms with Gasteiger partial charge in [0.15, 0.2) is 11.6 Å². The van der Waals surface area contributed by atoms with Crippen LogP contribution < -0.4 is 15.4 Å². The molecule has 0 fully saturated rings. The van der Waals surface area contributed by atoms with Crippen LogP contribution in [0.2, 0.25) is 0 Å². The van der Waals surface area contributed by atoms with Gasteiger partial charge in [-0.25, -0.2) is 4.98 Å². The van der Waals surface area contributed by atoms with Crippen LogP contribution >= 0.6 is 11.3 Å². The minimum atomic E-state index is -0.312. The van der Waals surface area contributed by atoms with E-state index in [-0.39, 0.29) is 11.8 Å². The number of thiophene rings is 1. The molecule has 1 aromatic carbocycles. The fourth-order valence-corrected chi connectivity index (χ4v) is 2.75. The number of hydrogen-bond donors (Lipinski definition) is 2. The third-order valence-corrected chi connectivity index (χ3v) is 4.24. The van der Waals surface area contributed by atoms with Crippen LogP contribution in [0.25, 0.3) is 0 Å². The highest BCUT2D eigenvalue weighted by molar-refractivity contribution is 7.12. The first-order chi connectivity index (χ1) is 12.2. The molecule has 126 valence electrons. The molecule has 0 atom stereocenters. The number of pyridine rings is 1. The molecule has 2 amide bonds. The van der Waals surface area contributed by atoms with Gasteiger partial charge in [0.05, 0.1) is 12.0 Å². The Morgan fingerprint density at radius 3 is 2.48 bits per heavy atom. The number of hydrogen-bond acceptors (Lipinski definition) is 5. The molecule has 0 unspecified atom stereocenters. The number of nitrogens with zero attached hydrogens (tertiary/aromatic N) is 1. The average Bonchev–Trinajstić information content (AvgIpc) is 3.17. The van der Waals surface area contributed by atoms with Gasteiger partial charge < -0.3 is 15.4 Å². The van der Waals surface area contributed by atoms with Crippen molar-refractivity contribution in [1.82, 2.24) is 4.98 Å². The van der Waals surface area contributed by atoms with Gasteiger partial charge in [-0.05, 0) is 47.8 Å². The fourth-order valence-electron chi connectivity index (χ4n) is 2.13. The van der Waals surface area contributed by atoms with E-state index in [9.17, 15) is 9.59 Å². The van der Waals surface area contributed by atoms with Gasteiger partial charge in [-0.2, -0.15) is 0 Å². The number of benzene rings is 1. The van der Waals surface area contributed by atoms with E-state index in [2.05, 4.69) is 15.6 Å². The molecule has 6 nitrogen and oxygen atoms in total. The predicted octanol–water partition coefficient (Wildman–Crippen LogP) is 3.66. The van der Waals surface area contributed by atoms with Crippen LogP contribution in [0.1, 0.15) is 20.0 Å². The summed E-state index contributed by atoms with van der Waals surface area (Å²) in [6.45, 7) is 0. The lowest BCUT2D eigenvalue weighted by Gasteiger charge is -2.09. The zero-order valence-corrected chi connectivity index (χ0v) is 14.2. The Bertz CT molecular complexity index is 877. The molecule has 0 bridgehead atoms. The number of carbonyl (C=O) groups is 2. The van der Waals surface area contributed by atoms with Gasteiger partial charge in [-0.3, -0.25) is 9.59 Å². The summed E-state index contributed by atoms with van der Waals surface area (Å²) >= 11 is 1.37. The van der Waals surface area contributed by atoms with Gasteiger partial charge in [-0.15, -0.1) is 11.3 Å². The van der Waals surface area contributed by atoms with Gasteiger partial charge in [0.1, 0.15) is 0 Å². The van der Waals surface area contributed by atoms with Gasteiger partial charge >= 0.3 is 0 Å². The van der Waals surface area contributed by atoms with Crippen molar-refractivity contribution >= 4 is 34.7 Å². The molecule has 25 heavy (non-hydrogen) atoms. The van der Waals surface area contributed by atoms with E-state index >= 15 is 0 Å². The third kappa shape index (κ3) is 4.02. The summed E-state index contributed by atoms with van der Waals surface area (Å²) in [6.07, 6.45) is 1.57. The molecule has 0 saturated heterocycles. The lowest BCUT2D eigenvalue weighted by molar-refractivity contribution is 0.102.